The van der Waals surface area contributed by atoms with Crippen molar-refractivity contribution in [3.8, 4) is 0 Å². The highest BCUT2D eigenvalue weighted by Crippen LogP contribution is 2.46. The molecule has 0 saturated heterocycles. The summed E-state index contributed by atoms with van der Waals surface area (Å²) >= 11 is 3.33. The van der Waals surface area contributed by atoms with Crippen LogP contribution in [0, 0.1) is 6.92 Å². The van der Waals surface area contributed by atoms with Gasteiger partial charge in [0.1, 0.15) is 0 Å². The molecular formula is C11H13BrO2S. The fraction of sp³-hybridized carbons (Fsp3) is 0.455. The van der Waals surface area contributed by atoms with Gasteiger partial charge in [-0.1, -0.05) is 15.9 Å². The second-order valence-electron chi connectivity index (χ2n) is 4.36. The average Bonchev–Trinajstić information content (AvgIpc) is 2.84. The molecule has 0 bridgehead atoms. The Balaban J connectivity index is 2.55. The lowest BCUT2D eigenvalue weighted by Crippen LogP contribution is -2.20. The number of sulfone groups is 1. The van der Waals surface area contributed by atoms with Crippen LogP contribution in [0.1, 0.15) is 25.3 Å². The van der Waals surface area contributed by atoms with Crippen LogP contribution in [0.4, 0.5) is 0 Å². The SMILES string of the molecule is Cc1cc(Br)ccc1S(=O)(=O)C1(C)CC1. The van der Waals surface area contributed by atoms with E-state index in [4.69, 9.17) is 0 Å². The Morgan fingerprint density at radius 3 is 2.40 bits per heavy atom. The van der Waals surface area contributed by atoms with Crippen molar-refractivity contribution < 1.29 is 8.42 Å². The second kappa shape index (κ2) is 3.32. The van der Waals surface area contributed by atoms with Crippen LogP contribution in [0.2, 0.25) is 0 Å². The van der Waals surface area contributed by atoms with E-state index in [0.717, 1.165) is 22.9 Å². The molecule has 82 valence electrons. The zero-order valence-corrected chi connectivity index (χ0v) is 11.2. The van der Waals surface area contributed by atoms with Gasteiger partial charge in [0.25, 0.3) is 0 Å². The lowest BCUT2D eigenvalue weighted by Gasteiger charge is -2.13. The van der Waals surface area contributed by atoms with Gasteiger partial charge in [0.15, 0.2) is 9.84 Å². The molecule has 2 nitrogen and oxygen atoms in total. The van der Waals surface area contributed by atoms with Crippen molar-refractivity contribution in [2.75, 3.05) is 0 Å². The maximum absolute atomic E-state index is 12.2. The monoisotopic (exact) mass is 288 g/mol. The normalized spacial score (nSPS) is 18.9. The van der Waals surface area contributed by atoms with Crippen molar-refractivity contribution in [2.45, 2.75) is 36.3 Å². The third-order valence-electron chi connectivity index (χ3n) is 3.03. The Morgan fingerprint density at radius 1 is 1.33 bits per heavy atom. The minimum atomic E-state index is -3.13. The van der Waals surface area contributed by atoms with E-state index in [2.05, 4.69) is 15.9 Å². The van der Waals surface area contributed by atoms with Crippen molar-refractivity contribution in [3.05, 3.63) is 28.2 Å². The number of aryl methyl sites for hydroxylation is 1. The summed E-state index contributed by atoms with van der Waals surface area (Å²) in [4.78, 5) is 0.478. The molecule has 0 spiro atoms. The first-order chi connectivity index (χ1) is 6.87. The maximum Gasteiger partial charge on any atom is 0.184 e. The summed E-state index contributed by atoms with van der Waals surface area (Å²) in [5.74, 6) is 0. The number of hydrogen-bond acceptors (Lipinski definition) is 2. The molecule has 1 aromatic carbocycles. The number of rotatable bonds is 2. The maximum atomic E-state index is 12.2. The van der Waals surface area contributed by atoms with Gasteiger partial charge in [-0.05, 0) is 50.5 Å². The minimum absolute atomic E-state index is 0.478. The Morgan fingerprint density at radius 2 is 1.93 bits per heavy atom. The van der Waals surface area contributed by atoms with Gasteiger partial charge in [-0.15, -0.1) is 0 Å². The van der Waals surface area contributed by atoms with Crippen LogP contribution in [-0.2, 0) is 9.84 Å². The fourth-order valence-electron chi connectivity index (χ4n) is 1.62. The summed E-state index contributed by atoms with van der Waals surface area (Å²) in [6, 6.07) is 5.32. The van der Waals surface area contributed by atoms with Gasteiger partial charge in [0.2, 0.25) is 0 Å². The summed E-state index contributed by atoms with van der Waals surface area (Å²) < 4.78 is 24.9. The summed E-state index contributed by atoms with van der Waals surface area (Å²) in [6.07, 6.45) is 1.57. The largest absolute Gasteiger partial charge is 0.223 e. The van der Waals surface area contributed by atoms with E-state index in [0.29, 0.717) is 4.90 Å². The van der Waals surface area contributed by atoms with Crippen LogP contribution >= 0.6 is 15.9 Å². The quantitative estimate of drug-likeness (QED) is 0.838. The molecule has 0 radical (unpaired) electrons. The van der Waals surface area contributed by atoms with E-state index in [-0.39, 0.29) is 0 Å². The van der Waals surface area contributed by atoms with Crippen LogP contribution in [0.15, 0.2) is 27.6 Å². The molecule has 0 aliphatic heterocycles. The van der Waals surface area contributed by atoms with E-state index in [1.807, 2.05) is 19.9 Å². The Bertz CT molecular complexity index is 501. The van der Waals surface area contributed by atoms with Gasteiger partial charge in [0, 0.05) is 4.47 Å². The molecule has 2 rings (SSSR count). The third kappa shape index (κ3) is 1.74. The molecule has 15 heavy (non-hydrogen) atoms. The van der Waals surface area contributed by atoms with Crippen LogP contribution < -0.4 is 0 Å². The number of benzene rings is 1. The van der Waals surface area contributed by atoms with Crippen molar-refractivity contribution in [2.24, 2.45) is 0 Å². The zero-order valence-electron chi connectivity index (χ0n) is 8.75. The predicted molar refractivity (Wildman–Crippen MR) is 63.7 cm³/mol. The van der Waals surface area contributed by atoms with Crippen LogP contribution in [0.25, 0.3) is 0 Å². The summed E-state index contributed by atoms with van der Waals surface area (Å²) in [5.41, 5.74) is 0.817. The molecule has 0 unspecified atom stereocenters. The molecule has 1 aliphatic rings. The predicted octanol–water partition coefficient (Wildman–Crippen LogP) is 3.08. The zero-order chi connectivity index (χ0) is 11.3. The van der Waals surface area contributed by atoms with Gasteiger partial charge in [-0.25, -0.2) is 8.42 Å². The smallest absolute Gasteiger partial charge is 0.184 e. The fourth-order valence-corrected chi connectivity index (χ4v) is 4.00. The van der Waals surface area contributed by atoms with Crippen LogP contribution in [0.5, 0.6) is 0 Å². The topological polar surface area (TPSA) is 34.1 Å². The first-order valence-electron chi connectivity index (χ1n) is 4.88. The van der Waals surface area contributed by atoms with E-state index in [1.165, 1.54) is 0 Å². The van der Waals surface area contributed by atoms with E-state index in [9.17, 15) is 8.42 Å². The Kier molecular flexibility index (Phi) is 2.47. The third-order valence-corrected chi connectivity index (χ3v) is 6.27. The first-order valence-corrected chi connectivity index (χ1v) is 7.15. The molecule has 0 heterocycles. The Hall–Kier alpha value is -0.350. The van der Waals surface area contributed by atoms with Gasteiger partial charge < -0.3 is 0 Å². The molecule has 1 aromatic rings. The highest BCUT2D eigenvalue weighted by atomic mass is 79.9. The summed E-state index contributed by atoms with van der Waals surface area (Å²) in [6.45, 7) is 3.66. The average molecular weight is 289 g/mol. The van der Waals surface area contributed by atoms with Gasteiger partial charge in [-0.3, -0.25) is 0 Å². The van der Waals surface area contributed by atoms with Crippen molar-refractivity contribution in [3.63, 3.8) is 0 Å². The molecule has 1 fully saturated rings. The highest BCUT2D eigenvalue weighted by Gasteiger charge is 2.50. The molecule has 0 aromatic heterocycles. The Labute approximate surface area is 98.7 Å². The second-order valence-corrected chi connectivity index (χ2v) is 7.71. The van der Waals surface area contributed by atoms with E-state index >= 15 is 0 Å². The minimum Gasteiger partial charge on any atom is -0.223 e. The number of hydrogen-bond donors (Lipinski definition) is 0. The highest BCUT2D eigenvalue weighted by molar-refractivity contribution is 9.10. The van der Waals surface area contributed by atoms with Gasteiger partial charge >= 0.3 is 0 Å². The number of halogens is 1. The molecule has 1 aliphatic carbocycles. The lowest BCUT2D eigenvalue weighted by molar-refractivity contribution is 0.581. The standard InChI is InChI=1S/C11H13BrO2S/c1-8-7-9(12)3-4-10(8)15(13,14)11(2)5-6-11/h3-4,7H,5-6H2,1-2H3. The van der Waals surface area contributed by atoms with Crippen LogP contribution in [-0.4, -0.2) is 13.2 Å². The molecule has 0 amide bonds. The van der Waals surface area contributed by atoms with Gasteiger partial charge in [-0.2, -0.15) is 0 Å². The molecule has 0 N–H and O–H groups in total. The first kappa shape index (κ1) is 11.1. The molecule has 1 saturated carbocycles. The van der Waals surface area contributed by atoms with Crippen LogP contribution in [0.3, 0.4) is 0 Å². The van der Waals surface area contributed by atoms with E-state index in [1.54, 1.807) is 12.1 Å². The van der Waals surface area contributed by atoms with Crippen molar-refractivity contribution in [1.82, 2.24) is 0 Å². The van der Waals surface area contributed by atoms with E-state index < -0.39 is 14.6 Å². The van der Waals surface area contributed by atoms with Gasteiger partial charge in [0.05, 0.1) is 9.64 Å². The molecule has 4 heteroatoms. The van der Waals surface area contributed by atoms with Crippen molar-refractivity contribution in [1.29, 1.82) is 0 Å². The summed E-state index contributed by atoms with van der Waals surface area (Å²) in [7, 11) is -3.13. The van der Waals surface area contributed by atoms with Crippen molar-refractivity contribution >= 4 is 25.8 Å². The summed E-state index contributed by atoms with van der Waals surface area (Å²) in [5, 5.41) is 0. The lowest BCUT2D eigenvalue weighted by atomic mass is 10.2. The molecular weight excluding hydrogens is 276 g/mol. The molecule has 0 atom stereocenters.